The number of rotatable bonds is 1. The summed E-state index contributed by atoms with van der Waals surface area (Å²) in [6.45, 7) is 2.30. The molecule has 0 heterocycles. The molecule has 1 aromatic carbocycles. The first-order valence-electron chi connectivity index (χ1n) is 8.62. The Kier molecular flexibility index (Phi) is 3.19. The third-order valence-electron chi connectivity index (χ3n) is 6.97. The number of ether oxygens (including phenoxy) is 1. The Hall–Kier alpha value is -1.22. The number of phenolic OH excluding ortho intramolecular Hbond substituents is 1. The zero-order valence-electron chi connectivity index (χ0n) is 13.5. The van der Waals surface area contributed by atoms with Crippen molar-refractivity contribution in [1.29, 1.82) is 0 Å². The topological polar surface area (TPSA) is 49.7 Å². The summed E-state index contributed by atoms with van der Waals surface area (Å²) in [6.07, 6.45) is 6.51. The van der Waals surface area contributed by atoms with Crippen LogP contribution in [0.4, 0.5) is 0 Å². The van der Waals surface area contributed by atoms with Crippen LogP contribution >= 0.6 is 0 Å². The first-order valence-corrected chi connectivity index (χ1v) is 8.62. The van der Waals surface area contributed by atoms with Crippen molar-refractivity contribution < 1.29 is 14.9 Å². The Labute approximate surface area is 132 Å². The summed E-state index contributed by atoms with van der Waals surface area (Å²) in [7, 11) is 1.62. The maximum Gasteiger partial charge on any atom is 0.160 e. The van der Waals surface area contributed by atoms with Crippen LogP contribution in [0.1, 0.15) is 56.1 Å². The van der Waals surface area contributed by atoms with Gasteiger partial charge in [0.25, 0.3) is 0 Å². The van der Waals surface area contributed by atoms with Crippen molar-refractivity contribution in [2.45, 2.75) is 57.5 Å². The molecule has 0 radical (unpaired) electrons. The third kappa shape index (κ3) is 1.84. The molecule has 3 heteroatoms. The quantitative estimate of drug-likeness (QED) is 0.833. The lowest BCUT2D eigenvalue weighted by Crippen LogP contribution is -2.43. The molecule has 0 saturated heterocycles. The maximum atomic E-state index is 10.4. The summed E-state index contributed by atoms with van der Waals surface area (Å²) in [5.74, 6) is 2.75. The zero-order chi connectivity index (χ0) is 15.5. The van der Waals surface area contributed by atoms with E-state index in [0.717, 1.165) is 25.7 Å². The van der Waals surface area contributed by atoms with E-state index in [1.807, 2.05) is 6.07 Å². The highest BCUT2D eigenvalue weighted by atomic mass is 16.5. The first-order chi connectivity index (χ1) is 10.5. The third-order valence-corrected chi connectivity index (χ3v) is 6.97. The summed E-state index contributed by atoms with van der Waals surface area (Å²) in [6, 6.07) is 3.97. The second kappa shape index (κ2) is 4.89. The fourth-order valence-electron chi connectivity index (χ4n) is 5.72. The Morgan fingerprint density at radius 2 is 2.00 bits per heavy atom. The largest absolute Gasteiger partial charge is 0.504 e. The molecular weight excluding hydrogens is 276 g/mol. The predicted molar refractivity (Wildman–Crippen MR) is 85.3 cm³/mol. The van der Waals surface area contributed by atoms with Crippen LogP contribution in [0.25, 0.3) is 0 Å². The summed E-state index contributed by atoms with van der Waals surface area (Å²) < 4.78 is 5.32. The molecule has 0 bridgehead atoms. The number of fused-ring (bicyclic) bond motifs is 5. The van der Waals surface area contributed by atoms with E-state index in [2.05, 4.69) is 13.0 Å². The van der Waals surface area contributed by atoms with Gasteiger partial charge in [0.15, 0.2) is 11.5 Å². The van der Waals surface area contributed by atoms with Crippen LogP contribution in [0.5, 0.6) is 11.5 Å². The second-order valence-corrected chi connectivity index (χ2v) is 7.78. The van der Waals surface area contributed by atoms with Crippen LogP contribution < -0.4 is 4.74 Å². The Balaban J connectivity index is 1.72. The van der Waals surface area contributed by atoms with Crippen LogP contribution in [0.3, 0.4) is 0 Å². The van der Waals surface area contributed by atoms with Crippen molar-refractivity contribution >= 4 is 0 Å². The second-order valence-electron chi connectivity index (χ2n) is 7.78. The highest BCUT2D eigenvalue weighted by Gasteiger charge is 2.54. The van der Waals surface area contributed by atoms with Gasteiger partial charge >= 0.3 is 0 Å². The van der Waals surface area contributed by atoms with Crippen LogP contribution in [-0.2, 0) is 6.42 Å². The molecule has 2 unspecified atom stereocenters. The lowest BCUT2D eigenvalue weighted by atomic mass is 9.55. The average molecular weight is 302 g/mol. The number of hydrogen-bond donors (Lipinski definition) is 2. The standard InChI is InChI=1S/C19H26O3/c1-19-8-7-12-13(15(19)5-6-18(19)21)4-3-11-9-16(20)17(22-2)10-14(11)12/h9-10,12-13,15,18,20-21H,3-8H2,1-2H3/t12?,13-,15?,18+,19+/m1/s1. The van der Waals surface area contributed by atoms with Crippen LogP contribution in [0, 0.1) is 17.3 Å². The zero-order valence-corrected chi connectivity index (χ0v) is 13.5. The summed E-state index contributed by atoms with van der Waals surface area (Å²) in [5.41, 5.74) is 2.80. The lowest BCUT2D eigenvalue weighted by Gasteiger charge is -2.50. The van der Waals surface area contributed by atoms with Gasteiger partial charge in [0, 0.05) is 0 Å². The molecule has 1 aromatic rings. The monoisotopic (exact) mass is 302 g/mol. The van der Waals surface area contributed by atoms with E-state index >= 15 is 0 Å². The average Bonchev–Trinajstić information content (AvgIpc) is 2.82. The Morgan fingerprint density at radius 3 is 2.77 bits per heavy atom. The van der Waals surface area contributed by atoms with Gasteiger partial charge in [-0.2, -0.15) is 0 Å². The lowest BCUT2D eigenvalue weighted by molar-refractivity contribution is -0.0226. The van der Waals surface area contributed by atoms with E-state index < -0.39 is 0 Å². The van der Waals surface area contributed by atoms with Gasteiger partial charge in [0.1, 0.15) is 0 Å². The number of aliphatic hydroxyl groups excluding tert-OH is 1. The number of hydrogen-bond acceptors (Lipinski definition) is 3. The molecule has 4 rings (SSSR count). The van der Waals surface area contributed by atoms with Crippen molar-refractivity contribution in [3.8, 4) is 11.5 Å². The molecule has 3 aliphatic carbocycles. The minimum absolute atomic E-state index is 0.116. The highest BCUT2D eigenvalue weighted by molar-refractivity contribution is 5.49. The van der Waals surface area contributed by atoms with E-state index in [1.165, 1.54) is 24.0 Å². The Morgan fingerprint density at radius 1 is 1.18 bits per heavy atom. The molecule has 5 atom stereocenters. The highest BCUT2D eigenvalue weighted by Crippen LogP contribution is 2.61. The number of benzene rings is 1. The number of phenols is 1. The molecule has 120 valence electrons. The van der Waals surface area contributed by atoms with Crippen LogP contribution in [0.2, 0.25) is 0 Å². The summed E-state index contributed by atoms with van der Waals surface area (Å²) in [5, 5.41) is 20.5. The van der Waals surface area contributed by atoms with Crippen molar-refractivity contribution in [2.24, 2.45) is 17.3 Å². The molecular formula is C19H26O3. The van der Waals surface area contributed by atoms with Gasteiger partial charge in [0.05, 0.1) is 13.2 Å². The van der Waals surface area contributed by atoms with Crippen LogP contribution in [-0.4, -0.2) is 23.4 Å². The first kappa shape index (κ1) is 14.4. The van der Waals surface area contributed by atoms with Crippen molar-refractivity contribution in [3.63, 3.8) is 0 Å². The van der Waals surface area contributed by atoms with E-state index in [0.29, 0.717) is 23.5 Å². The van der Waals surface area contributed by atoms with E-state index in [9.17, 15) is 10.2 Å². The van der Waals surface area contributed by atoms with E-state index in [4.69, 9.17) is 4.74 Å². The number of aryl methyl sites for hydroxylation is 1. The molecule has 3 nitrogen and oxygen atoms in total. The number of aliphatic hydroxyl groups is 1. The number of aromatic hydroxyl groups is 1. The van der Waals surface area contributed by atoms with Crippen molar-refractivity contribution in [3.05, 3.63) is 23.3 Å². The molecule has 0 aromatic heterocycles. The van der Waals surface area contributed by atoms with E-state index in [1.54, 1.807) is 7.11 Å². The molecule has 0 spiro atoms. The van der Waals surface area contributed by atoms with Crippen molar-refractivity contribution in [1.82, 2.24) is 0 Å². The maximum absolute atomic E-state index is 10.4. The molecule has 2 saturated carbocycles. The fourth-order valence-corrected chi connectivity index (χ4v) is 5.72. The van der Waals surface area contributed by atoms with Crippen LogP contribution in [0.15, 0.2) is 12.1 Å². The fraction of sp³-hybridized carbons (Fsp3) is 0.684. The molecule has 0 amide bonds. The number of methoxy groups -OCH3 is 1. The molecule has 2 fully saturated rings. The molecule has 0 aliphatic heterocycles. The van der Waals surface area contributed by atoms with E-state index in [-0.39, 0.29) is 17.3 Å². The molecule has 2 N–H and O–H groups in total. The van der Waals surface area contributed by atoms with Gasteiger partial charge in [-0.1, -0.05) is 6.92 Å². The van der Waals surface area contributed by atoms with Gasteiger partial charge in [-0.15, -0.1) is 0 Å². The summed E-state index contributed by atoms with van der Waals surface area (Å²) in [4.78, 5) is 0. The smallest absolute Gasteiger partial charge is 0.160 e. The predicted octanol–water partition coefficient (Wildman–Crippen LogP) is 3.62. The Bertz CT molecular complexity index is 597. The van der Waals surface area contributed by atoms with Gasteiger partial charge in [-0.05, 0) is 85.0 Å². The van der Waals surface area contributed by atoms with Gasteiger partial charge in [-0.25, -0.2) is 0 Å². The minimum Gasteiger partial charge on any atom is -0.504 e. The minimum atomic E-state index is -0.116. The summed E-state index contributed by atoms with van der Waals surface area (Å²) >= 11 is 0. The molecule has 3 aliphatic rings. The SMILES string of the molecule is COc1cc2c(cc1O)CC[C@@H]1C2CC[C@@]2(C)C1CC[C@@H]2O. The van der Waals surface area contributed by atoms with Gasteiger partial charge in [0.2, 0.25) is 0 Å². The van der Waals surface area contributed by atoms with Gasteiger partial charge < -0.3 is 14.9 Å². The van der Waals surface area contributed by atoms with Crippen molar-refractivity contribution in [2.75, 3.05) is 7.11 Å². The molecule has 22 heavy (non-hydrogen) atoms. The normalized spacial score (nSPS) is 39.8. The van der Waals surface area contributed by atoms with Gasteiger partial charge in [-0.3, -0.25) is 0 Å².